The molecule has 2 aromatic rings. The summed E-state index contributed by atoms with van der Waals surface area (Å²) in [6, 6.07) is 5.16. The Labute approximate surface area is 98.1 Å². The van der Waals surface area contributed by atoms with Crippen LogP contribution < -0.4 is 5.43 Å². The van der Waals surface area contributed by atoms with Crippen LogP contribution in [-0.4, -0.2) is 12.1 Å². The number of nitrogens with zero attached hydrogens (tertiary/aromatic N) is 1. The quantitative estimate of drug-likeness (QED) is 0.651. The molecule has 88 valence electrons. The topological polar surface area (TPSA) is 67.7 Å². The van der Waals surface area contributed by atoms with E-state index in [4.69, 9.17) is 8.83 Å². The van der Waals surface area contributed by atoms with Gasteiger partial charge < -0.3 is 8.83 Å². The Bertz CT molecular complexity index is 538. The van der Waals surface area contributed by atoms with E-state index in [1.54, 1.807) is 32.0 Å². The van der Waals surface area contributed by atoms with Crippen molar-refractivity contribution >= 4 is 12.1 Å². The third-order valence-electron chi connectivity index (χ3n) is 2.19. The molecule has 1 N–H and O–H groups in total. The van der Waals surface area contributed by atoms with Crippen LogP contribution in [0.2, 0.25) is 0 Å². The van der Waals surface area contributed by atoms with E-state index in [-0.39, 0.29) is 5.91 Å². The number of hydrogen-bond acceptors (Lipinski definition) is 4. The van der Waals surface area contributed by atoms with Gasteiger partial charge >= 0.3 is 0 Å². The Morgan fingerprint density at radius 1 is 1.47 bits per heavy atom. The molecule has 0 unspecified atom stereocenters. The van der Waals surface area contributed by atoms with Crippen LogP contribution >= 0.6 is 0 Å². The highest BCUT2D eigenvalue weighted by molar-refractivity contribution is 5.95. The summed E-state index contributed by atoms with van der Waals surface area (Å²) in [5.74, 6) is 1.54. The Morgan fingerprint density at radius 3 is 2.88 bits per heavy atom. The van der Waals surface area contributed by atoms with Crippen LogP contribution in [0.5, 0.6) is 0 Å². The molecule has 0 spiro atoms. The van der Waals surface area contributed by atoms with E-state index in [2.05, 4.69) is 10.5 Å². The Balaban J connectivity index is 2.00. The molecular weight excluding hydrogens is 220 g/mol. The minimum absolute atomic E-state index is 0.304. The molecule has 0 aliphatic carbocycles. The molecule has 0 radical (unpaired) electrons. The van der Waals surface area contributed by atoms with Crippen molar-refractivity contribution in [3.8, 4) is 0 Å². The summed E-state index contributed by atoms with van der Waals surface area (Å²) in [5.41, 5.74) is 2.89. The van der Waals surface area contributed by atoms with Gasteiger partial charge in [0.1, 0.15) is 17.3 Å². The molecule has 1 amide bonds. The van der Waals surface area contributed by atoms with Gasteiger partial charge in [-0.05, 0) is 32.0 Å². The highest BCUT2D eigenvalue weighted by Gasteiger charge is 2.12. The number of amides is 1. The third kappa shape index (κ3) is 2.63. The first-order chi connectivity index (χ1) is 8.16. The predicted molar refractivity (Wildman–Crippen MR) is 62.0 cm³/mol. The molecule has 5 nitrogen and oxygen atoms in total. The van der Waals surface area contributed by atoms with Crippen molar-refractivity contribution < 1.29 is 13.6 Å². The van der Waals surface area contributed by atoms with E-state index >= 15 is 0 Å². The molecule has 2 aromatic heterocycles. The second-order valence-electron chi connectivity index (χ2n) is 3.54. The van der Waals surface area contributed by atoms with Crippen molar-refractivity contribution in [2.45, 2.75) is 13.8 Å². The molecule has 0 saturated heterocycles. The molecule has 0 bridgehead atoms. The van der Waals surface area contributed by atoms with Crippen molar-refractivity contribution in [3.63, 3.8) is 0 Å². The lowest BCUT2D eigenvalue weighted by atomic mass is 10.2. The molecule has 2 rings (SSSR count). The van der Waals surface area contributed by atoms with Crippen molar-refractivity contribution in [1.82, 2.24) is 5.43 Å². The average molecular weight is 232 g/mol. The van der Waals surface area contributed by atoms with Gasteiger partial charge in [-0.1, -0.05) is 0 Å². The standard InChI is InChI=1S/C12H12N2O3/c1-8-6-11(9(2)17-8)12(15)14-13-7-10-4-3-5-16-10/h3-7H,1-2H3,(H,14,15). The smallest absolute Gasteiger partial charge is 0.274 e. The van der Waals surface area contributed by atoms with Gasteiger partial charge in [-0.15, -0.1) is 0 Å². The van der Waals surface area contributed by atoms with Gasteiger partial charge in [-0.25, -0.2) is 5.43 Å². The van der Waals surface area contributed by atoms with Crippen LogP contribution in [0.1, 0.15) is 27.6 Å². The van der Waals surface area contributed by atoms with Crippen LogP contribution in [0.4, 0.5) is 0 Å². The lowest BCUT2D eigenvalue weighted by Crippen LogP contribution is -2.17. The molecule has 0 aliphatic heterocycles. The van der Waals surface area contributed by atoms with Crippen LogP contribution in [0, 0.1) is 13.8 Å². The van der Waals surface area contributed by atoms with Crippen molar-refractivity contribution in [2.75, 3.05) is 0 Å². The highest BCUT2D eigenvalue weighted by Crippen LogP contribution is 2.13. The molecule has 0 aromatic carbocycles. The Morgan fingerprint density at radius 2 is 2.29 bits per heavy atom. The summed E-state index contributed by atoms with van der Waals surface area (Å²) < 4.78 is 10.3. The average Bonchev–Trinajstić information content (AvgIpc) is 2.88. The SMILES string of the molecule is Cc1cc(C(=O)NN=Cc2ccco2)c(C)o1. The summed E-state index contributed by atoms with van der Waals surface area (Å²) in [5, 5.41) is 3.78. The monoisotopic (exact) mass is 232 g/mol. The number of carbonyl (C=O) groups excluding carboxylic acids is 1. The van der Waals surface area contributed by atoms with Crippen LogP contribution in [0.15, 0.2) is 38.4 Å². The number of rotatable bonds is 3. The Hall–Kier alpha value is -2.30. The molecule has 2 heterocycles. The largest absolute Gasteiger partial charge is 0.466 e. The maximum atomic E-state index is 11.7. The van der Waals surface area contributed by atoms with Crippen LogP contribution in [0.3, 0.4) is 0 Å². The maximum Gasteiger partial charge on any atom is 0.274 e. The van der Waals surface area contributed by atoms with E-state index < -0.39 is 0 Å². The van der Waals surface area contributed by atoms with E-state index in [1.165, 1.54) is 12.5 Å². The zero-order valence-corrected chi connectivity index (χ0v) is 9.56. The van der Waals surface area contributed by atoms with Gasteiger partial charge in [-0.3, -0.25) is 4.79 Å². The first-order valence-electron chi connectivity index (χ1n) is 5.11. The van der Waals surface area contributed by atoms with E-state index in [0.29, 0.717) is 22.8 Å². The van der Waals surface area contributed by atoms with Crippen molar-refractivity contribution in [1.29, 1.82) is 0 Å². The fourth-order valence-electron chi connectivity index (χ4n) is 1.44. The molecule has 5 heteroatoms. The zero-order valence-electron chi connectivity index (χ0n) is 9.56. The summed E-state index contributed by atoms with van der Waals surface area (Å²) in [7, 11) is 0. The van der Waals surface area contributed by atoms with Crippen LogP contribution in [0.25, 0.3) is 0 Å². The predicted octanol–water partition coefficient (Wildman–Crippen LogP) is 2.25. The second kappa shape index (κ2) is 4.69. The lowest BCUT2D eigenvalue weighted by Gasteiger charge is -1.95. The number of carbonyl (C=O) groups is 1. The molecule has 0 saturated carbocycles. The van der Waals surface area contributed by atoms with Crippen molar-refractivity contribution in [2.24, 2.45) is 5.10 Å². The minimum Gasteiger partial charge on any atom is -0.466 e. The molecule has 0 fully saturated rings. The highest BCUT2D eigenvalue weighted by atomic mass is 16.3. The fourth-order valence-corrected chi connectivity index (χ4v) is 1.44. The lowest BCUT2D eigenvalue weighted by molar-refractivity contribution is 0.0953. The molecule has 0 atom stereocenters. The van der Waals surface area contributed by atoms with Gasteiger partial charge in [0.15, 0.2) is 0 Å². The molecular formula is C12H12N2O3. The van der Waals surface area contributed by atoms with Crippen LogP contribution in [-0.2, 0) is 0 Å². The normalized spacial score (nSPS) is 10.9. The second-order valence-corrected chi connectivity index (χ2v) is 3.54. The summed E-state index contributed by atoms with van der Waals surface area (Å²) in [6.07, 6.45) is 2.97. The molecule has 0 aliphatic rings. The van der Waals surface area contributed by atoms with E-state index in [0.717, 1.165) is 0 Å². The van der Waals surface area contributed by atoms with Crippen molar-refractivity contribution in [3.05, 3.63) is 47.3 Å². The van der Waals surface area contributed by atoms with E-state index in [9.17, 15) is 4.79 Å². The maximum absolute atomic E-state index is 11.7. The summed E-state index contributed by atoms with van der Waals surface area (Å²) in [6.45, 7) is 3.52. The van der Waals surface area contributed by atoms with Gasteiger partial charge in [0.2, 0.25) is 0 Å². The summed E-state index contributed by atoms with van der Waals surface area (Å²) in [4.78, 5) is 11.7. The number of hydrazone groups is 1. The first kappa shape index (κ1) is 11.2. The van der Waals surface area contributed by atoms with Gasteiger partial charge in [0.05, 0.1) is 18.0 Å². The zero-order chi connectivity index (χ0) is 12.3. The Kier molecular flexibility index (Phi) is 3.09. The third-order valence-corrected chi connectivity index (χ3v) is 2.19. The fraction of sp³-hybridized carbons (Fsp3) is 0.167. The number of furan rings is 2. The number of nitrogens with one attached hydrogen (secondary N) is 1. The van der Waals surface area contributed by atoms with Gasteiger partial charge in [0, 0.05) is 0 Å². The first-order valence-corrected chi connectivity index (χ1v) is 5.11. The van der Waals surface area contributed by atoms with Gasteiger partial charge in [0.25, 0.3) is 5.91 Å². The number of aryl methyl sites for hydroxylation is 2. The van der Waals surface area contributed by atoms with E-state index in [1.807, 2.05) is 0 Å². The number of hydrogen-bond donors (Lipinski definition) is 1. The van der Waals surface area contributed by atoms with Gasteiger partial charge in [-0.2, -0.15) is 5.10 Å². The minimum atomic E-state index is -0.304. The summed E-state index contributed by atoms with van der Waals surface area (Å²) >= 11 is 0. The molecule has 17 heavy (non-hydrogen) atoms.